The van der Waals surface area contributed by atoms with Gasteiger partial charge >= 0.3 is 6.09 Å². The number of carbonyl (C=O) groups excluding carboxylic acids is 1. The van der Waals surface area contributed by atoms with Crippen LogP contribution in [0.4, 0.5) is 13.6 Å². The number of amides is 1. The summed E-state index contributed by atoms with van der Waals surface area (Å²) in [4.78, 5) is 16.3. The Morgan fingerprint density at radius 2 is 1.72 bits per heavy atom. The second-order valence-electron chi connectivity index (χ2n) is 13.3. The van der Waals surface area contributed by atoms with Crippen LogP contribution < -0.4 is 0 Å². The third kappa shape index (κ3) is 7.20. The monoisotopic (exact) mass is 596 g/mol. The summed E-state index contributed by atoms with van der Waals surface area (Å²) >= 11 is 0. The summed E-state index contributed by atoms with van der Waals surface area (Å²) in [5.74, 6) is -1.34. The predicted octanol–water partition coefficient (Wildman–Crippen LogP) is 7.28. The molecule has 0 N–H and O–H groups in total. The van der Waals surface area contributed by atoms with E-state index in [1.807, 2.05) is 20.8 Å². The lowest BCUT2D eigenvalue weighted by Gasteiger charge is -2.27. The highest BCUT2D eigenvalue weighted by Crippen LogP contribution is 2.40. The molecule has 0 spiro atoms. The van der Waals surface area contributed by atoms with E-state index in [0.717, 1.165) is 61.0 Å². The molecule has 1 atom stereocenters. The number of rotatable bonds is 7. The Hall–Kier alpha value is -3.04. The van der Waals surface area contributed by atoms with Crippen molar-refractivity contribution in [2.24, 2.45) is 0 Å². The highest BCUT2D eigenvalue weighted by Gasteiger charge is 2.28. The maximum absolute atomic E-state index is 14.1. The molecule has 1 aromatic heterocycles. The van der Waals surface area contributed by atoms with Crippen molar-refractivity contribution >= 4 is 17.0 Å². The molecule has 1 unspecified atom stereocenters. The lowest BCUT2D eigenvalue weighted by molar-refractivity contribution is -0.0368. The van der Waals surface area contributed by atoms with Crippen molar-refractivity contribution in [1.82, 2.24) is 19.6 Å². The highest BCUT2D eigenvalue weighted by molar-refractivity contribution is 5.87. The number of benzene rings is 2. The Labute approximate surface area is 254 Å². The van der Waals surface area contributed by atoms with Crippen LogP contribution in [-0.4, -0.2) is 65.1 Å². The smallest absolute Gasteiger partial charge is 0.410 e. The number of aryl methyl sites for hydroxylation is 3. The standard InChI is InChI=1S/C34H46F2N4O3/c1-22-31-29(40(37-22)30-9-7-8-18-42-30)15-14-26(21-38(5)16-17-39(6)33(41)43-34(2,3)4)32(31)23-10-12-24-19-27(35)28(36)20-25(24)13-11-23/h14-15,19-20,23,30H,7-13,16-18,21H2,1-6H3. The number of hydrogen-bond acceptors (Lipinski definition) is 5. The third-order valence-corrected chi connectivity index (χ3v) is 8.75. The Bertz CT molecular complexity index is 1430. The number of ether oxygens (including phenoxy) is 2. The zero-order valence-corrected chi connectivity index (χ0v) is 26.5. The van der Waals surface area contributed by atoms with Crippen molar-refractivity contribution in [3.8, 4) is 0 Å². The van der Waals surface area contributed by atoms with Gasteiger partial charge in [-0.1, -0.05) is 6.07 Å². The number of nitrogens with zero attached hydrogens (tertiary/aromatic N) is 4. The van der Waals surface area contributed by atoms with E-state index in [1.165, 1.54) is 28.6 Å². The van der Waals surface area contributed by atoms with Crippen LogP contribution in [0.25, 0.3) is 10.9 Å². The first-order valence-electron chi connectivity index (χ1n) is 15.6. The summed E-state index contributed by atoms with van der Waals surface area (Å²) in [6.45, 7) is 10.3. The minimum atomic E-state index is -0.775. The Morgan fingerprint density at radius 1 is 1.05 bits per heavy atom. The van der Waals surface area contributed by atoms with Crippen LogP contribution in [-0.2, 0) is 28.9 Å². The first-order chi connectivity index (χ1) is 20.4. The number of halogens is 2. The largest absolute Gasteiger partial charge is 0.444 e. The van der Waals surface area contributed by atoms with E-state index in [4.69, 9.17) is 14.6 Å². The molecule has 2 heterocycles. The molecule has 1 fully saturated rings. The van der Waals surface area contributed by atoms with Crippen LogP contribution >= 0.6 is 0 Å². The average Bonchev–Trinajstić information content (AvgIpc) is 3.16. The highest BCUT2D eigenvalue weighted by atomic mass is 19.2. The van der Waals surface area contributed by atoms with Crippen LogP contribution in [0.2, 0.25) is 0 Å². The second kappa shape index (κ2) is 12.9. The van der Waals surface area contributed by atoms with Gasteiger partial charge in [-0.05, 0) is 126 Å². The van der Waals surface area contributed by atoms with Crippen LogP contribution in [0, 0.1) is 18.6 Å². The van der Waals surface area contributed by atoms with Gasteiger partial charge < -0.3 is 19.3 Å². The van der Waals surface area contributed by atoms with Gasteiger partial charge in [0, 0.05) is 38.7 Å². The third-order valence-electron chi connectivity index (χ3n) is 8.75. The molecule has 0 radical (unpaired) electrons. The number of likely N-dealkylation sites (N-methyl/N-ethyl adjacent to an activating group) is 2. The summed E-state index contributed by atoms with van der Waals surface area (Å²) in [5.41, 5.74) is 5.82. The maximum atomic E-state index is 14.1. The Morgan fingerprint density at radius 3 is 2.33 bits per heavy atom. The molecule has 0 saturated carbocycles. The molecule has 1 saturated heterocycles. The summed E-state index contributed by atoms with van der Waals surface area (Å²) in [5, 5.41) is 6.17. The number of aromatic nitrogens is 2. The van der Waals surface area contributed by atoms with E-state index in [0.29, 0.717) is 32.5 Å². The number of fused-ring (bicyclic) bond motifs is 2. The van der Waals surface area contributed by atoms with Crippen molar-refractivity contribution in [2.45, 2.75) is 96.9 Å². The number of hydrogen-bond donors (Lipinski definition) is 0. The lowest BCUT2D eigenvalue weighted by atomic mass is 9.84. The van der Waals surface area contributed by atoms with Crippen LogP contribution in [0.3, 0.4) is 0 Å². The first-order valence-corrected chi connectivity index (χ1v) is 15.6. The predicted molar refractivity (Wildman–Crippen MR) is 164 cm³/mol. The van der Waals surface area contributed by atoms with Crippen molar-refractivity contribution in [1.29, 1.82) is 0 Å². The molecular weight excluding hydrogens is 550 g/mol. The molecule has 2 aromatic carbocycles. The van der Waals surface area contributed by atoms with Crippen molar-refractivity contribution in [3.05, 3.63) is 63.8 Å². The van der Waals surface area contributed by atoms with Gasteiger partial charge in [-0.15, -0.1) is 0 Å². The topological polar surface area (TPSA) is 59.8 Å². The molecule has 43 heavy (non-hydrogen) atoms. The fourth-order valence-corrected chi connectivity index (χ4v) is 6.54. The first kappa shape index (κ1) is 31.4. The maximum Gasteiger partial charge on any atom is 0.410 e. The molecular formula is C34H46F2N4O3. The van der Waals surface area contributed by atoms with Gasteiger partial charge in [-0.3, -0.25) is 0 Å². The minimum absolute atomic E-state index is 0.0703. The van der Waals surface area contributed by atoms with E-state index >= 15 is 0 Å². The van der Waals surface area contributed by atoms with Crippen LogP contribution in [0.15, 0.2) is 24.3 Å². The zero-order valence-electron chi connectivity index (χ0n) is 26.5. The SMILES string of the molecule is Cc1nn(C2CCCCO2)c2ccc(CN(C)CCN(C)C(=O)OC(C)(C)C)c(C3CCc4cc(F)c(F)cc4CC3)c12. The van der Waals surface area contributed by atoms with E-state index in [-0.39, 0.29) is 18.2 Å². The summed E-state index contributed by atoms with van der Waals surface area (Å²) in [6, 6.07) is 7.15. The molecule has 5 rings (SSSR count). The fourth-order valence-electron chi connectivity index (χ4n) is 6.54. The normalized spacial score (nSPS) is 18.1. The minimum Gasteiger partial charge on any atom is -0.444 e. The van der Waals surface area contributed by atoms with Crippen molar-refractivity contribution in [3.63, 3.8) is 0 Å². The Balaban J connectivity index is 1.44. The molecule has 1 aliphatic carbocycles. The molecule has 7 nitrogen and oxygen atoms in total. The van der Waals surface area contributed by atoms with Gasteiger partial charge in [0.05, 0.1) is 11.2 Å². The van der Waals surface area contributed by atoms with Gasteiger partial charge in [-0.25, -0.2) is 18.3 Å². The molecule has 1 aliphatic heterocycles. The molecule has 3 aromatic rings. The van der Waals surface area contributed by atoms with E-state index in [9.17, 15) is 13.6 Å². The summed E-state index contributed by atoms with van der Waals surface area (Å²) < 4.78 is 42.0. The van der Waals surface area contributed by atoms with Crippen molar-refractivity contribution in [2.75, 3.05) is 33.8 Å². The molecule has 1 amide bonds. The molecule has 0 bridgehead atoms. The number of carbonyl (C=O) groups is 1. The average molecular weight is 597 g/mol. The van der Waals surface area contributed by atoms with E-state index < -0.39 is 17.2 Å². The zero-order chi connectivity index (χ0) is 30.9. The van der Waals surface area contributed by atoms with Gasteiger partial charge in [-0.2, -0.15) is 5.10 Å². The Kier molecular flexibility index (Phi) is 9.42. The van der Waals surface area contributed by atoms with Crippen LogP contribution in [0.5, 0.6) is 0 Å². The van der Waals surface area contributed by atoms with Gasteiger partial charge in [0.1, 0.15) is 5.60 Å². The van der Waals surface area contributed by atoms with Gasteiger partial charge in [0.15, 0.2) is 17.9 Å². The van der Waals surface area contributed by atoms with E-state index in [1.54, 1.807) is 11.9 Å². The van der Waals surface area contributed by atoms with Crippen LogP contribution in [0.1, 0.15) is 93.0 Å². The quantitative estimate of drug-likeness (QED) is 0.268. The van der Waals surface area contributed by atoms with Gasteiger partial charge in [0.2, 0.25) is 0 Å². The summed E-state index contributed by atoms with van der Waals surface area (Å²) in [6.07, 6.45) is 5.82. The molecule has 9 heteroatoms. The summed E-state index contributed by atoms with van der Waals surface area (Å²) in [7, 11) is 3.83. The van der Waals surface area contributed by atoms with Gasteiger partial charge in [0.25, 0.3) is 0 Å². The fraction of sp³-hybridized carbons (Fsp3) is 0.588. The van der Waals surface area contributed by atoms with E-state index in [2.05, 4.69) is 35.7 Å². The van der Waals surface area contributed by atoms with Crippen molar-refractivity contribution < 1.29 is 23.0 Å². The lowest BCUT2D eigenvalue weighted by Crippen LogP contribution is -2.38. The molecule has 234 valence electrons. The second-order valence-corrected chi connectivity index (χ2v) is 13.3. The molecule has 2 aliphatic rings.